The van der Waals surface area contributed by atoms with Gasteiger partial charge < -0.3 is 0 Å². The minimum Gasteiger partial charge on any atom is -0.258 e. The fraction of sp³-hybridized carbons (Fsp3) is 0.444. The molecule has 15 heavy (non-hydrogen) atoms. The van der Waals surface area contributed by atoms with Gasteiger partial charge in [0, 0.05) is 17.6 Å². The molecule has 0 amide bonds. The van der Waals surface area contributed by atoms with Crippen LogP contribution >= 0.6 is 23.5 Å². The second-order valence-corrected chi connectivity index (χ2v) is 5.17. The molecular weight excluding hydrogens is 232 g/mol. The molecule has 0 atom stereocenters. The number of rotatable bonds is 6. The van der Waals surface area contributed by atoms with Crippen molar-refractivity contribution in [2.45, 2.75) is 11.9 Å². The topological polar surface area (TPSA) is 56.0 Å². The van der Waals surface area contributed by atoms with Crippen molar-refractivity contribution in [2.24, 2.45) is 0 Å². The molecule has 0 fully saturated rings. The van der Waals surface area contributed by atoms with Crippen molar-refractivity contribution < 1.29 is 4.92 Å². The van der Waals surface area contributed by atoms with E-state index in [9.17, 15) is 10.1 Å². The Balaban J connectivity index is 2.39. The number of thioether (sulfide) groups is 2. The summed E-state index contributed by atoms with van der Waals surface area (Å²) < 4.78 is 0. The number of nitrogens with zero attached hydrogens (tertiary/aromatic N) is 2. The van der Waals surface area contributed by atoms with Gasteiger partial charge in [-0.15, -0.1) is 11.8 Å². The van der Waals surface area contributed by atoms with Gasteiger partial charge in [0.15, 0.2) is 0 Å². The Labute approximate surface area is 97.0 Å². The maximum atomic E-state index is 10.4. The molecule has 1 rings (SSSR count). The van der Waals surface area contributed by atoms with Gasteiger partial charge in [0.05, 0.1) is 9.95 Å². The van der Waals surface area contributed by atoms with Crippen LogP contribution in [-0.4, -0.2) is 27.2 Å². The zero-order valence-corrected chi connectivity index (χ0v) is 10.0. The fourth-order valence-electron chi connectivity index (χ4n) is 0.915. The zero-order chi connectivity index (χ0) is 11.1. The predicted octanol–water partition coefficient (Wildman–Crippen LogP) is 2.84. The van der Waals surface area contributed by atoms with Crippen LogP contribution in [0.3, 0.4) is 0 Å². The van der Waals surface area contributed by atoms with Gasteiger partial charge in [0.2, 0.25) is 0 Å². The Morgan fingerprint density at radius 1 is 1.47 bits per heavy atom. The van der Waals surface area contributed by atoms with Crippen molar-refractivity contribution in [1.82, 2.24) is 4.98 Å². The normalized spacial score (nSPS) is 10.2. The second-order valence-electron chi connectivity index (χ2n) is 2.66. The number of nitro groups is 1. The van der Waals surface area contributed by atoms with Crippen molar-refractivity contribution in [3.63, 3.8) is 0 Å². The summed E-state index contributed by atoms with van der Waals surface area (Å²) in [4.78, 5) is 13.9. The van der Waals surface area contributed by atoms with Gasteiger partial charge >= 0.3 is 0 Å². The second kappa shape index (κ2) is 6.68. The molecule has 1 aromatic rings. The van der Waals surface area contributed by atoms with E-state index in [1.807, 2.05) is 11.8 Å². The summed E-state index contributed by atoms with van der Waals surface area (Å²) in [5.74, 6) is 3.19. The Bertz CT molecular complexity index is 316. The SMILES string of the molecule is CCSCCSc1ccc([N+](=O)[O-])cn1. The van der Waals surface area contributed by atoms with E-state index in [1.54, 1.807) is 17.8 Å². The summed E-state index contributed by atoms with van der Waals surface area (Å²) in [5.41, 5.74) is 0.0438. The molecule has 0 bridgehead atoms. The molecule has 0 aliphatic carbocycles. The Hall–Kier alpha value is -0.750. The lowest BCUT2D eigenvalue weighted by Gasteiger charge is -1.99. The minimum absolute atomic E-state index is 0.0438. The summed E-state index contributed by atoms with van der Waals surface area (Å²) in [7, 11) is 0. The molecular formula is C9H12N2O2S2. The quantitative estimate of drug-likeness (QED) is 0.333. The first-order chi connectivity index (χ1) is 7.24. The molecule has 0 saturated heterocycles. The van der Waals surface area contributed by atoms with Gasteiger partial charge in [0.1, 0.15) is 6.20 Å². The number of hydrogen-bond acceptors (Lipinski definition) is 5. The van der Waals surface area contributed by atoms with Crippen molar-refractivity contribution in [1.29, 1.82) is 0 Å². The van der Waals surface area contributed by atoms with E-state index in [0.717, 1.165) is 22.3 Å². The monoisotopic (exact) mass is 244 g/mol. The lowest BCUT2D eigenvalue weighted by atomic mass is 10.4. The molecule has 0 N–H and O–H groups in total. The Morgan fingerprint density at radius 3 is 2.80 bits per heavy atom. The van der Waals surface area contributed by atoms with Crippen LogP contribution < -0.4 is 0 Å². The van der Waals surface area contributed by atoms with E-state index in [1.165, 1.54) is 12.3 Å². The summed E-state index contributed by atoms with van der Waals surface area (Å²) in [6.07, 6.45) is 1.30. The number of hydrogen-bond donors (Lipinski definition) is 0. The molecule has 0 aromatic carbocycles. The fourth-order valence-corrected chi connectivity index (χ4v) is 2.51. The third kappa shape index (κ3) is 4.53. The molecule has 1 heterocycles. The van der Waals surface area contributed by atoms with Crippen molar-refractivity contribution >= 4 is 29.2 Å². The van der Waals surface area contributed by atoms with Crippen LogP contribution in [0.1, 0.15) is 6.92 Å². The standard InChI is InChI=1S/C9H12N2O2S2/c1-2-14-5-6-15-9-4-3-8(7-10-9)11(12)13/h3-4,7H,2,5-6H2,1H3. The molecule has 4 nitrogen and oxygen atoms in total. The highest BCUT2D eigenvalue weighted by molar-refractivity contribution is 8.02. The summed E-state index contributed by atoms with van der Waals surface area (Å²) >= 11 is 3.50. The van der Waals surface area contributed by atoms with E-state index in [-0.39, 0.29) is 5.69 Å². The van der Waals surface area contributed by atoms with E-state index < -0.39 is 4.92 Å². The van der Waals surface area contributed by atoms with Crippen LogP contribution in [-0.2, 0) is 0 Å². The van der Waals surface area contributed by atoms with Gasteiger partial charge in [-0.25, -0.2) is 4.98 Å². The highest BCUT2D eigenvalue weighted by atomic mass is 32.2. The van der Waals surface area contributed by atoms with Crippen LogP contribution in [0.15, 0.2) is 23.4 Å². The van der Waals surface area contributed by atoms with E-state index in [4.69, 9.17) is 0 Å². The number of aromatic nitrogens is 1. The lowest BCUT2D eigenvalue weighted by molar-refractivity contribution is -0.385. The molecule has 82 valence electrons. The molecule has 0 radical (unpaired) electrons. The first-order valence-electron chi connectivity index (χ1n) is 4.55. The van der Waals surface area contributed by atoms with Crippen LogP contribution in [0.2, 0.25) is 0 Å². The summed E-state index contributed by atoms with van der Waals surface area (Å²) in [5, 5.41) is 11.2. The average Bonchev–Trinajstić information content (AvgIpc) is 2.25. The Morgan fingerprint density at radius 2 is 2.27 bits per heavy atom. The maximum absolute atomic E-state index is 10.4. The highest BCUT2D eigenvalue weighted by Crippen LogP contribution is 2.19. The summed E-state index contributed by atoms with van der Waals surface area (Å²) in [6, 6.07) is 3.18. The van der Waals surface area contributed by atoms with Crippen LogP contribution in [0.4, 0.5) is 5.69 Å². The molecule has 1 aromatic heterocycles. The van der Waals surface area contributed by atoms with Crippen molar-refractivity contribution in [3.8, 4) is 0 Å². The third-order valence-electron chi connectivity index (χ3n) is 1.61. The van der Waals surface area contributed by atoms with Gasteiger partial charge in [0.25, 0.3) is 5.69 Å². The van der Waals surface area contributed by atoms with Crippen molar-refractivity contribution in [2.75, 3.05) is 17.3 Å². The Kier molecular flexibility index (Phi) is 5.49. The molecule has 0 spiro atoms. The number of pyridine rings is 1. The minimum atomic E-state index is -0.436. The average molecular weight is 244 g/mol. The van der Waals surface area contributed by atoms with E-state index in [2.05, 4.69) is 11.9 Å². The third-order valence-corrected chi connectivity index (χ3v) is 3.72. The smallest absolute Gasteiger partial charge is 0.258 e. The lowest BCUT2D eigenvalue weighted by Crippen LogP contribution is -1.90. The molecule has 6 heteroatoms. The van der Waals surface area contributed by atoms with Gasteiger partial charge in [-0.1, -0.05) is 6.92 Å². The van der Waals surface area contributed by atoms with Gasteiger partial charge in [-0.3, -0.25) is 10.1 Å². The zero-order valence-electron chi connectivity index (χ0n) is 8.38. The maximum Gasteiger partial charge on any atom is 0.287 e. The molecule has 0 aliphatic rings. The molecule has 0 aliphatic heterocycles. The van der Waals surface area contributed by atoms with Crippen LogP contribution in [0.25, 0.3) is 0 Å². The molecule has 0 unspecified atom stereocenters. The van der Waals surface area contributed by atoms with Crippen molar-refractivity contribution in [3.05, 3.63) is 28.4 Å². The van der Waals surface area contributed by atoms with Crippen LogP contribution in [0, 0.1) is 10.1 Å². The predicted molar refractivity (Wildman–Crippen MR) is 64.6 cm³/mol. The van der Waals surface area contributed by atoms with E-state index in [0.29, 0.717) is 0 Å². The highest BCUT2D eigenvalue weighted by Gasteiger charge is 2.04. The largest absolute Gasteiger partial charge is 0.287 e. The summed E-state index contributed by atoms with van der Waals surface area (Å²) in [6.45, 7) is 2.12. The molecule has 0 saturated carbocycles. The van der Waals surface area contributed by atoms with E-state index >= 15 is 0 Å². The van der Waals surface area contributed by atoms with Gasteiger partial charge in [-0.05, 0) is 11.8 Å². The first-order valence-corrected chi connectivity index (χ1v) is 6.69. The van der Waals surface area contributed by atoms with Gasteiger partial charge in [-0.2, -0.15) is 11.8 Å². The first kappa shape index (κ1) is 12.3. The van der Waals surface area contributed by atoms with Crippen LogP contribution in [0.5, 0.6) is 0 Å².